The molecule has 1 aromatic carbocycles. The Labute approximate surface area is 130 Å². The third-order valence-corrected chi connectivity index (χ3v) is 3.77. The van der Waals surface area contributed by atoms with Crippen LogP contribution in [0.2, 0.25) is 0 Å². The van der Waals surface area contributed by atoms with Crippen LogP contribution >= 0.6 is 31.9 Å². The summed E-state index contributed by atoms with van der Waals surface area (Å²) in [5.41, 5.74) is 0.0595. The summed E-state index contributed by atoms with van der Waals surface area (Å²) >= 11 is 6.35. The van der Waals surface area contributed by atoms with E-state index in [1.54, 1.807) is 0 Å². The lowest BCUT2D eigenvalue weighted by molar-refractivity contribution is -0.137. The third-order valence-electron chi connectivity index (χ3n) is 2.56. The number of alkyl halides is 3. The maximum Gasteiger partial charge on any atom is 0.419 e. The van der Waals surface area contributed by atoms with Crippen LogP contribution in [0, 0.1) is 0 Å². The van der Waals surface area contributed by atoms with Crippen LogP contribution in [0.1, 0.15) is 11.1 Å². The van der Waals surface area contributed by atoms with Crippen molar-refractivity contribution >= 4 is 37.7 Å². The number of pyridine rings is 1. The van der Waals surface area contributed by atoms with E-state index in [9.17, 15) is 13.2 Å². The Morgan fingerprint density at radius 2 is 1.85 bits per heavy atom. The molecule has 2 rings (SSSR count). The minimum Gasteiger partial charge on any atom is -0.365 e. The highest BCUT2D eigenvalue weighted by Gasteiger charge is 2.34. The van der Waals surface area contributed by atoms with Gasteiger partial charge in [-0.05, 0) is 33.6 Å². The van der Waals surface area contributed by atoms with Gasteiger partial charge in [0.05, 0.1) is 5.56 Å². The Balaban J connectivity index is 2.24. The minimum atomic E-state index is -4.45. The molecule has 0 aliphatic heterocycles. The van der Waals surface area contributed by atoms with Crippen LogP contribution in [-0.2, 0) is 12.7 Å². The Morgan fingerprint density at radius 3 is 2.50 bits per heavy atom. The summed E-state index contributed by atoms with van der Waals surface area (Å²) in [4.78, 5) is 3.80. The smallest absolute Gasteiger partial charge is 0.365 e. The van der Waals surface area contributed by atoms with Crippen LogP contribution in [0.4, 0.5) is 19.0 Å². The molecule has 7 heteroatoms. The highest BCUT2D eigenvalue weighted by molar-refractivity contribution is 9.10. The SMILES string of the molecule is FC(F)(F)c1cc(Br)cnc1NCc1ccccc1Br. The molecule has 2 nitrogen and oxygen atoms in total. The summed E-state index contributed by atoms with van der Waals surface area (Å²) in [6.07, 6.45) is -3.12. The van der Waals surface area contributed by atoms with Crippen LogP contribution in [0.25, 0.3) is 0 Å². The van der Waals surface area contributed by atoms with Crippen molar-refractivity contribution in [3.8, 4) is 0 Å². The first-order valence-corrected chi connectivity index (χ1v) is 7.16. The van der Waals surface area contributed by atoms with Crippen LogP contribution in [0.5, 0.6) is 0 Å². The van der Waals surface area contributed by atoms with Gasteiger partial charge in [0.1, 0.15) is 5.82 Å². The number of anilines is 1. The van der Waals surface area contributed by atoms with Crippen LogP contribution in [0.3, 0.4) is 0 Å². The van der Waals surface area contributed by atoms with Crippen molar-refractivity contribution in [3.05, 3.63) is 56.6 Å². The number of hydrogen-bond acceptors (Lipinski definition) is 2. The standard InChI is InChI=1S/C13H9Br2F3N2/c14-9-5-10(13(16,17)18)12(20-7-9)19-6-8-3-1-2-4-11(8)15/h1-5,7H,6H2,(H,19,20). The van der Waals surface area contributed by atoms with Crippen molar-refractivity contribution in [1.82, 2.24) is 4.98 Å². The van der Waals surface area contributed by atoms with Crippen molar-refractivity contribution in [2.24, 2.45) is 0 Å². The summed E-state index contributed by atoms with van der Waals surface area (Å²) in [6.45, 7) is 0.249. The van der Waals surface area contributed by atoms with Crippen molar-refractivity contribution in [1.29, 1.82) is 0 Å². The summed E-state index contributed by atoms with van der Waals surface area (Å²) in [6, 6.07) is 8.32. The average Bonchev–Trinajstić information content (AvgIpc) is 2.38. The summed E-state index contributed by atoms with van der Waals surface area (Å²) < 4.78 is 39.9. The molecule has 20 heavy (non-hydrogen) atoms. The first-order chi connectivity index (χ1) is 9.38. The molecule has 0 aliphatic rings. The number of nitrogens with zero attached hydrogens (tertiary/aromatic N) is 1. The lowest BCUT2D eigenvalue weighted by Gasteiger charge is -2.14. The quantitative estimate of drug-likeness (QED) is 0.749. The summed E-state index contributed by atoms with van der Waals surface area (Å²) in [5, 5.41) is 2.72. The Morgan fingerprint density at radius 1 is 1.15 bits per heavy atom. The van der Waals surface area contributed by atoms with Gasteiger partial charge in [0, 0.05) is 21.7 Å². The van der Waals surface area contributed by atoms with E-state index in [0.717, 1.165) is 16.1 Å². The number of nitrogens with one attached hydrogen (secondary N) is 1. The van der Waals surface area contributed by atoms with Gasteiger partial charge in [-0.1, -0.05) is 34.1 Å². The molecule has 106 valence electrons. The fraction of sp³-hybridized carbons (Fsp3) is 0.154. The molecule has 0 bridgehead atoms. The molecular weight excluding hydrogens is 401 g/mol. The number of aromatic nitrogens is 1. The first-order valence-electron chi connectivity index (χ1n) is 5.58. The number of hydrogen-bond donors (Lipinski definition) is 1. The van der Waals surface area contributed by atoms with Gasteiger partial charge in [0.25, 0.3) is 0 Å². The zero-order valence-corrected chi connectivity index (χ0v) is 13.2. The van der Waals surface area contributed by atoms with Crippen molar-refractivity contribution in [2.75, 3.05) is 5.32 Å². The molecule has 0 atom stereocenters. The summed E-state index contributed by atoms with van der Waals surface area (Å²) in [7, 11) is 0. The molecule has 1 N–H and O–H groups in total. The van der Waals surface area contributed by atoms with E-state index in [4.69, 9.17) is 0 Å². The molecule has 0 aliphatic carbocycles. The number of rotatable bonds is 3. The minimum absolute atomic E-state index is 0.184. The predicted octanol–water partition coefficient (Wildman–Crippen LogP) is 5.24. The third kappa shape index (κ3) is 3.73. The Hall–Kier alpha value is -1.08. The zero-order chi connectivity index (χ0) is 14.8. The van der Waals surface area contributed by atoms with Gasteiger partial charge < -0.3 is 5.32 Å². The molecule has 0 saturated carbocycles. The molecule has 0 unspecified atom stereocenters. The van der Waals surface area contributed by atoms with Crippen LogP contribution in [0.15, 0.2) is 45.5 Å². The van der Waals surface area contributed by atoms with Gasteiger partial charge in [0.15, 0.2) is 0 Å². The Bertz CT molecular complexity index is 615. The molecule has 0 saturated heterocycles. The highest BCUT2D eigenvalue weighted by atomic mass is 79.9. The van der Waals surface area contributed by atoms with Gasteiger partial charge in [-0.15, -0.1) is 0 Å². The Kier molecular flexibility index (Phi) is 4.70. The molecular formula is C13H9Br2F3N2. The van der Waals surface area contributed by atoms with Gasteiger partial charge in [-0.3, -0.25) is 0 Å². The maximum atomic E-state index is 12.9. The zero-order valence-electron chi connectivity index (χ0n) is 10.0. The van der Waals surface area contributed by atoms with E-state index in [-0.39, 0.29) is 16.8 Å². The van der Waals surface area contributed by atoms with E-state index in [0.29, 0.717) is 0 Å². The monoisotopic (exact) mass is 408 g/mol. The van der Waals surface area contributed by atoms with E-state index < -0.39 is 11.7 Å². The van der Waals surface area contributed by atoms with Crippen molar-refractivity contribution in [3.63, 3.8) is 0 Å². The molecule has 0 amide bonds. The summed E-state index contributed by atoms with van der Waals surface area (Å²) in [5.74, 6) is -0.184. The predicted molar refractivity (Wildman–Crippen MR) is 78.4 cm³/mol. The van der Waals surface area contributed by atoms with Gasteiger partial charge in [-0.2, -0.15) is 13.2 Å². The van der Waals surface area contributed by atoms with Gasteiger partial charge in [0.2, 0.25) is 0 Å². The lowest BCUT2D eigenvalue weighted by atomic mass is 10.2. The fourth-order valence-corrected chi connectivity index (χ4v) is 2.37. The normalized spacial score (nSPS) is 11.4. The topological polar surface area (TPSA) is 24.9 Å². The molecule has 0 fully saturated rings. The molecule has 2 aromatic rings. The number of halogens is 5. The maximum absolute atomic E-state index is 12.9. The second kappa shape index (κ2) is 6.13. The molecule has 0 spiro atoms. The molecule has 1 heterocycles. The van der Waals surface area contributed by atoms with E-state index in [1.165, 1.54) is 6.20 Å². The van der Waals surface area contributed by atoms with E-state index in [1.807, 2.05) is 24.3 Å². The van der Waals surface area contributed by atoms with E-state index in [2.05, 4.69) is 42.2 Å². The molecule has 1 aromatic heterocycles. The highest BCUT2D eigenvalue weighted by Crippen LogP contribution is 2.35. The van der Waals surface area contributed by atoms with Crippen LogP contribution < -0.4 is 5.32 Å². The molecule has 0 radical (unpaired) electrons. The van der Waals surface area contributed by atoms with Crippen LogP contribution in [-0.4, -0.2) is 4.98 Å². The van der Waals surface area contributed by atoms with Crippen molar-refractivity contribution < 1.29 is 13.2 Å². The second-order valence-corrected chi connectivity index (χ2v) is 5.76. The van der Waals surface area contributed by atoms with Crippen molar-refractivity contribution in [2.45, 2.75) is 12.7 Å². The average molecular weight is 410 g/mol. The van der Waals surface area contributed by atoms with E-state index >= 15 is 0 Å². The van der Waals surface area contributed by atoms with Gasteiger partial charge in [-0.25, -0.2) is 4.98 Å². The second-order valence-electron chi connectivity index (χ2n) is 3.99. The largest absolute Gasteiger partial charge is 0.419 e. The first kappa shape index (κ1) is 15.3. The lowest BCUT2D eigenvalue weighted by Crippen LogP contribution is -2.12. The van der Waals surface area contributed by atoms with Gasteiger partial charge >= 0.3 is 6.18 Å². The fourth-order valence-electron chi connectivity index (χ4n) is 1.62. The number of benzene rings is 1.